The first kappa shape index (κ1) is 15.5. The van der Waals surface area contributed by atoms with Gasteiger partial charge in [0.25, 0.3) is 5.91 Å². The van der Waals surface area contributed by atoms with Crippen molar-refractivity contribution in [1.29, 1.82) is 0 Å². The third-order valence-corrected chi connectivity index (χ3v) is 4.46. The lowest BCUT2D eigenvalue weighted by molar-refractivity contribution is -0.112. The summed E-state index contributed by atoms with van der Waals surface area (Å²) < 4.78 is 13.3. The Kier molecular flexibility index (Phi) is 3.80. The predicted octanol–water partition coefficient (Wildman–Crippen LogP) is 2.63. The summed E-state index contributed by atoms with van der Waals surface area (Å²) in [6.45, 7) is 3.18. The molecule has 5 nitrogen and oxygen atoms in total. The van der Waals surface area contributed by atoms with E-state index in [0.717, 1.165) is 17.0 Å². The highest BCUT2D eigenvalue weighted by molar-refractivity contribution is 6.53. The van der Waals surface area contributed by atoms with Crippen LogP contribution in [0.15, 0.2) is 64.9 Å². The molecule has 0 radical (unpaired) electrons. The van der Waals surface area contributed by atoms with Gasteiger partial charge in [-0.3, -0.25) is 19.7 Å². The zero-order valence-corrected chi connectivity index (χ0v) is 13.7. The topological polar surface area (TPSA) is 57.6 Å². The standard InChI is InChI=1S/C19H17FN4O/c1-12-16-17(23-11-10-21-12)19(25)24(14-7-5-13(20)6-8-14)18(16)15-4-2-3-9-22-15/h2-9,18,21H,10-11H2,1H3/t18-/m0/s1. The SMILES string of the molecule is CC1=C2C(=NCCN1)C(=O)N(c1ccc(F)cc1)[C@H]2c1ccccn1. The number of hydrogen-bond acceptors (Lipinski definition) is 4. The van der Waals surface area contributed by atoms with Crippen molar-refractivity contribution < 1.29 is 9.18 Å². The maximum absolute atomic E-state index is 13.3. The van der Waals surface area contributed by atoms with Crippen LogP contribution in [-0.4, -0.2) is 29.7 Å². The van der Waals surface area contributed by atoms with Crippen LogP contribution in [-0.2, 0) is 4.79 Å². The minimum Gasteiger partial charge on any atom is -0.386 e. The number of amides is 1. The molecule has 1 aromatic carbocycles. The second-order valence-electron chi connectivity index (χ2n) is 6.00. The molecule has 1 N–H and O–H groups in total. The van der Waals surface area contributed by atoms with Crippen LogP contribution in [0, 0.1) is 5.82 Å². The van der Waals surface area contributed by atoms with Crippen molar-refractivity contribution >= 4 is 17.3 Å². The highest BCUT2D eigenvalue weighted by atomic mass is 19.1. The van der Waals surface area contributed by atoms with Crippen molar-refractivity contribution in [3.05, 3.63) is 71.4 Å². The Morgan fingerprint density at radius 1 is 1.20 bits per heavy atom. The third-order valence-electron chi connectivity index (χ3n) is 4.46. The molecule has 1 amide bonds. The largest absolute Gasteiger partial charge is 0.386 e. The number of benzene rings is 1. The van der Waals surface area contributed by atoms with Gasteiger partial charge in [0.05, 0.1) is 12.2 Å². The van der Waals surface area contributed by atoms with Crippen LogP contribution in [0.4, 0.5) is 10.1 Å². The van der Waals surface area contributed by atoms with Gasteiger partial charge in [-0.05, 0) is 43.3 Å². The molecule has 0 spiro atoms. The molecule has 1 atom stereocenters. The smallest absolute Gasteiger partial charge is 0.277 e. The van der Waals surface area contributed by atoms with Gasteiger partial charge in [0, 0.05) is 29.7 Å². The average molecular weight is 336 g/mol. The first-order chi connectivity index (χ1) is 12.2. The van der Waals surface area contributed by atoms with Crippen molar-refractivity contribution in [3.63, 3.8) is 0 Å². The molecule has 2 aliphatic heterocycles. The normalized spacial score (nSPS) is 20.1. The molecule has 4 rings (SSSR count). The van der Waals surface area contributed by atoms with Crippen LogP contribution >= 0.6 is 0 Å². The summed E-state index contributed by atoms with van der Waals surface area (Å²) in [7, 11) is 0. The number of nitrogens with zero attached hydrogens (tertiary/aromatic N) is 3. The molecular formula is C19H17FN4O. The number of aromatic nitrogens is 1. The van der Waals surface area contributed by atoms with E-state index in [-0.39, 0.29) is 17.8 Å². The van der Waals surface area contributed by atoms with Gasteiger partial charge in [-0.2, -0.15) is 0 Å². The predicted molar refractivity (Wildman–Crippen MR) is 93.9 cm³/mol. The fourth-order valence-corrected chi connectivity index (χ4v) is 3.33. The fourth-order valence-electron chi connectivity index (χ4n) is 3.33. The lowest BCUT2D eigenvalue weighted by Crippen LogP contribution is -2.30. The second-order valence-corrected chi connectivity index (χ2v) is 6.00. The number of fused-ring (bicyclic) bond motifs is 1. The van der Waals surface area contributed by atoms with Crippen molar-refractivity contribution in [2.24, 2.45) is 4.99 Å². The number of aliphatic imine (C=N–C) groups is 1. The molecule has 0 saturated carbocycles. The van der Waals surface area contributed by atoms with Gasteiger partial charge in [-0.15, -0.1) is 0 Å². The quantitative estimate of drug-likeness (QED) is 0.917. The van der Waals surface area contributed by atoms with Crippen LogP contribution in [0.3, 0.4) is 0 Å². The zero-order valence-electron chi connectivity index (χ0n) is 13.7. The molecule has 6 heteroatoms. The van der Waals surface area contributed by atoms with E-state index in [1.165, 1.54) is 12.1 Å². The number of anilines is 1. The number of carbonyl (C=O) groups is 1. The molecule has 0 bridgehead atoms. The van der Waals surface area contributed by atoms with Crippen molar-refractivity contribution in [1.82, 2.24) is 10.3 Å². The van der Waals surface area contributed by atoms with Crippen LogP contribution < -0.4 is 10.2 Å². The summed E-state index contributed by atoms with van der Waals surface area (Å²) in [4.78, 5) is 23.7. The molecular weight excluding hydrogens is 319 g/mol. The van der Waals surface area contributed by atoms with E-state index >= 15 is 0 Å². The van der Waals surface area contributed by atoms with E-state index in [9.17, 15) is 9.18 Å². The van der Waals surface area contributed by atoms with Gasteiger partial charge < -0.3 is 5.32 Å². The van der Waals surface area contributed by atoms with Crippen molar-refractivity contribution in [3.8, 4) is 0 Å². The fraction of sp³-hybridized carbons (Fsp3) is 0.211. The Labute approximate surface area is 144 Å². The van der Waals surface area contributed by atoms with E-state index < -0.39 is 0 Å². The molecule has 1 fully saturated rings. The molecule has 126 valence electrons. The Morgan fingerprint density at radius 3 is 2.72 bits per heavy atom. The van der Waals surface area contributed by atoms with E-state index in [1.807, 2.05) is 25.1 Å². The number of carbonyl (C=O) groups excluding carboxylic acids is 1. The molecule has 1 saturated heterocycles. The first-order valence-corrected chi connectivity index (χ1v) is 8.16. The molecule has 25 heavy (non-hydrogen) atoms. The number of rotatable bonds is 2. The van der Waals surface area contributed by atoms with E-state index in [2.05, 4.69) is 15.3 Å². The van der Waals surface area contributed by atoms with E-state index in [1.54, 1.807) is 23.2 Å². The summed E-state index contributed by atoms with van der Waals surface area (Å²) in [5.41, 5.74) is 3.60. The van der Waals surface area contributed by atoms with Crippen molar-refractivity contribution in [2.45, 2.75) is 13.0 Å². The van der Waals surface area contributed by atoms with Gasteiger partial charge in [0.2, 0.25) is 0 Å². The lowest BCUT2D eigenvalue weighted by Gasteiger charge is -2.25. The maximum Gasteiger partial charge on any atom is 0.277 e. The van der Waals surface area contributed by atoms with E-state index in [4.69, 9.17) is 0 Å². The molecule has 0 unspecified atom stereocenters. The lowest BCUT2D eigenvalue weighted by atomic mass is 10.0. The molecule has 2 aliphatic rings. The summed E-state index contributed by atoms with van der Waals surface area (Å²) in [6, 6.07) is 11.2. The summed E-state index contributed by atoms with van der Waals surface area (Å²) in [5, 5.41) is 3.32. The highest BCUT2D eigenvalue weighted by Gasteiger charge is 2.45. The van der Waals surface area contributed by atoms with Crippen LogP contribution in [0.2, 0.25) is 0 Å². The average Bonchev–Trinajstić information content (AvgIpc) is 2.78. The van der Waals surface area contributed by atoms with Gasteiger partial charge in [0.15, 0.2) is 0 Å². The first-order valence-electron chi connectivity index (χ1n) is 8.16. The summed E-state index contributed by atoms with van der Waals surface area (Å²) in [5.74, 6) is -0.520. The Morgan fingerprint density at radius 2 is 2.00 bits per heavy atom. The maximum atomic E-state index is 13.3. The summed E-state index contributed by atoms with van der Waals surface area (Å²) in [6.07, 6.45) is 1.71. The Balaban J connectivity index is 1.92. The Bertz CT molecular complexity index is 874. The monoisotopic (exact) mass is 336 g/mol. The minimum absolute atomic E-state index is 0.180. The van der Waals surface area contributed by atoms with Gasteiger partial charge in [-0.1, -0.05) is 6.07 Å². The number of pyridine rings is 1. The zero-order chi connectivity index (χ0) is 17.4. The highest BCUT2D eigenvalue weighted by Crippen LogP contribution is 2.40. The number of halogens is 1. The third kappa shape index (κ3) is 2.59. The van der Waals surface area contributed by atoms with Gasteiger partial charge in [0.1, 0.15) is 17.6 Å². The molecule has 0 aliphatic carbocycles. The van der Waals surface area contributed by atoms with Gasteiger partial charge >= 0.3 is 0 Å². The minimum atomic E-state index is -0.386. The summed E-state index contributed by atoms with van der Waals surface area (Å²) >= 11 is 0. The van der Waals surface area contributed by atoms with Crippen LogP contribution in [0.5, 0.6) is 0 Å². The molecule has 1 aromatic heterocycles. The van der Waals surface area contributed by atoms with Crippen LogP contribution in [0.25, 0.3) is 0 Å². The molecule has 3 heterocycles. The molecule has 2 aromatic rings. The Hall–Kier alpha value is -3.02. The van der Waals surface area contributed by atoms with Crippen LogP contribution in [0.1, 0.15) is 18.7 Å². The van der Waals surface area contributed by atoms with Crippen molar-refractivity contribution in [2.75, 3.05) is 18.0 Å². The number of allylic oxidation sites excluding steroid dienone is 1. The van der Waals surface area contributed by atoms with E-state index in [0.29, 0.717) is 24.5 Å². The number of nitrogens with one attached hydrogen (secondary N) is 1. The second kappa shape index (κ2) is 6.12. The number of hydrogen-bond donors (Lipinski definition) is 1. The van der Waals surface area contributed by atoms with Gasteiger partial charge in [-0.25, -0.2) is 4.39 Å².